The van der Waals surface area contributed by atoms with Gasteiger partial charge in [-0.3, -0.25) is 9.59 Å². The van der Waals surface area contributed by atoms with Crippen LogP contribution in [0.25, 0.3) is 0 Å². The summed E-state index contributed by atoms with van der Waals surface area (Å²) in [5, 5.41) is 3.44. The Labute approximate surface area is 178 Å². The fraction of sp³-hybridized carbons (Fsp3) is 0.360. The van der Waals surface area contributed by atoms with Crippen molar-refractivity contribution >= 4 is 11.9 Å². The number of hydrogen-bond donors (Lipinski definition) is 1. The van der Waals surface area contributed by atoms with E-state index in [1.54, 1.807) is 0 Å². The second kappa shape index (κ2) is 9.16. The maximum absolute atomic E-state index is 13.0. The third kappa shape index (κ3) is 4.40. The number of carbonyl (C=O) groups excluding carboxylic acids is 2. The van der Waals surface area contributed by atoms with Gasteiger partial charge in [0.25, 0.3) is 0 Å². The number of rotatable bonds is 6. The van der Waals surface area contributed by atoms with Crippen molar-refractivity contribution in [1.29, 1.82) is 0 Å². The lowest BCUT2D eigenvalue weighted by molar-refractivity contribution is -0.154. The van der Waals surface area contributed by atoms with Crippen LogP contribution in [0.15, 0.2) is 72.4 Å². The fourth-order valence-electron chi connectivity index (χ4n) is 4.43. The molecule has 158 valence electrons. The van der Waals surface area contributed by atoms with Gasteiger partial charge in [0.05, 0.1) is 20.1 Å². The maximum Gasteiger partial charge on any atom is 0.315 e. The lowest BCUT2D eigenvalue weighted by Gasteiger charge is -2.44. The molecule has 0 aromatic heterocycles. The monoisotopic (exact) mass is 407 g/mol. The Balaban J connectivity index is 2.09. The summed E-state index contributed by atoms with van der Waals surface area (Å²) in [6.07, 6.45) is 1.98. The number of allylic oxidation sites excluding steroid dienone is 1. The van der Waals surface area contributed by atoms with Gasteiger partial charge in [-0.2, -0.15) is 0 Å². The van der Waals surface area contributed by atoms with Crippen molar-refractivity contribution in [2.45, 2.75) is 26.3 Å². The molecule has 0 saturated carbocycles. The van der Waals surface area contributed by atoms with Gasteiger partial charge >= 0.3 is 11.9 Å². The Morgan fingerprint density at radius 3 is 2.03 bits per heavy atom. The molecule has 2 aromatic carbocycles. The summed E-state index contributed by atoms with van der Waals surface area (Å²) in [6.45, 7) is 4.57. The second-order valence-corrected chi connectivity index (χ2v) is 8.20. The summed E-state index contributed by atoms with van der Waals surface area (Å²) in [6, 6.07) is 19.6. The lowest BCUT2D eigenvalue weighted by atomic mass is 9.60. The Kier molecular flexibility index (Phi) is 6.60. The normalized spacial score (nSPS) is 22.5. The summed E-state index contributed by atoms with van der Waals surface area (Å²) < 4.78 is 10.3. The zero-order valence-corrected chi connectivity index (χ0v) is 17.9. The summed E-state index contributed by atoms with van der Waals surface area (Å²) in [7, 11) is 2.77. The molecule has 5 nitrogen and oxygen atoms in total. The minimum atomic E-state index is -0.641. The van der Waals surface area contributed by atoms with Crippen LogP contribution in [0, 0.1) is 17.3 Å². The molecule has 0 fully saturated rings. The Morgan fingerprint density at radius 2 is 1.47 bits per heavy atom. The molecule has 30 heavy (non-hydrogen) atoms. The molecule has 3 rings (SSSR count). The van der Waals surface area contributed by atoms with Crippen molar-refractivity contribution in [3.8, 4) is 0 Å². The Morgan fingerprint density at radius 1 is 0.900 bits per heavy atom. The summed E-state index contributed by atoms with van der Waals surface area (Å²) in [5.41, 5.74) is 2.25. The van der Waals surface area contributed by atoms with E-state index in [-0.39, 0.29) is 11.9 Å². The van der Waals surface area contributed by atoms with Gasteiger partial charge in [0.15, 0.2) is 0 Å². The minimum Gasteiger partial charge on any atom is -0.469 e. The zero-order valence-electron chi connectivity index (χ0n) is 17.9. The largest absolute Gasteiger partial charge is 0.469 e. The number of benzene rings is 2. The first-order chi connectivity index (χ1) is 14.4. The number of methoxy groups -OCH3 is 2. The standard InChI is InChI=1S/C25H29NO4/c1-25(2)15-19(26-16-17-11-7-5-8-12-17)21(23(27)29-3)20(22(25)24(28)30-4)18-13-9-6-10-14-18/h5-15,20-22,26H,16H2,1-4H3/t20-,21-,22+/m0/s1. The van der Waals surface area contributed by atoms with Gasteiger partial charge in [-0.25, -0.2) is 0 Å². The van der Waals surface area contributed by atoms with E-state index < -0.39 is 23.2 Å². The van der Waals surface area contributed by atoms with E-state index in [0.717, 1.165) is 16.8 Å². The van der Waals surface area contributed by atoms with Crippen molar-refractivity contribution in [3.63, 3.8) is 0 Å². The maximum atomic E-state index is 13.0. The van der Waals surface area contributed by atoms with E-state index in [0.29, 0.717) is 6.54 Å². The van der Waals surface area contributed by atoms with Crippen molar-refractivity contribution in [2.24, 2.45) is 17.3 Å². The average Bonchev–Trinajstić information content (AvgIpc) is 2.77. The van der Waals surface area contributed by atoms with Gasteiger partial charge in [-0.05, 0) is 16.5 Å². The molecule has 0 spiro atoms. The van der Waals surface area contributed by atoms with E-state index in [1.165, 1.54) is 14.2 Å². The molecule has 0 aliphatic heterocycles. The summed E-state index contributed by atoms with van der Waals surface area (Å²) in [4.78, 5) is 25.9. The molecule has 0 amide bonds. The van der Waals surface area contributed by atoms with Crippen molar-refractivity contribution < 1.29 is 19.1 Å². The van der Waals surface area contributed by atoms with Gasteiger partial charge < -0.3 is 14.8 Å². The molecule has 1 aliphatic rings. The third-order valence-electron chi connectivity index (χ3n) is 5.82. The van der Waals surface area contributed by atoms with E-state index >= 15 is 0 Å². The first-order valence-corrected chi connectivity index (χ1v) is 10.1. The fourth-order valence-corrected chi connectivity index (χ4v) is 4.43. The highest BCUT2D eigenvalue weighted by molar-refractivity contribution is 5.82. The van der Waals surface area contributed by atoms with E-state index in [2.05, 4.69) is 5.32 Å². The Hall–Kier alpha value is -3.08. The number of carbonyl (C=O) groups is 2. The van der Waals surface area contributed by atoms with Crippen molar-refractivity contribution in [1.82, 2.24) is 5.32 Å². The molecule has 3 atom stereocenters. The van der Waals surface area contributed by atoms with E-state index in [4.69, 9.17) is 9.47 Å². The SMILES string of the molecule is COC(=O)[C@H]1C(NCc2ccccc2)=CC(C)(C)[C@@H](C(=O)OC)[C@H]1c1ccccc1. The summed E-state index contributed by atoms with van der Waals surface area (Å²) >= 11 is 0. The lowest BCUT2D eigenvalue weighted by Crippen LogP contribution is -2.47. The van der Waals surface area contributed by atoms with Gasteiger partial charge in [0, 0.05) is 18.2 Å². The molecule has 1 N–H and O–H groups in total. The van der Waals surface area contributed by atoms with Crippen LogP contribution < -0.4 is 5.32 Å². The van der Waals surface area contributed by atoms with Crippen LogP contribution in [-0.4, -0.2) is 26.2 Å². The predicted octanol–water partition coefficient (Wildman–Crippen LogP) is 4.06. The number of esters is 2. The van der Waals surface area contributed by atoms with Crippen LogP contribution in [0.2, 0.25) is 0 Å². The first-order valence-electron chi connectivity index (χ1n) is 10.1. The molecule has 0 bridgehead atoms. The van der Waals surface area contributed by atoms with Gasteiger partial charge in [-0.1, -0.05) is 80.6 Å². The predicted molar refractivity (Wildman–Crippen MR) is 115 cm³/mol. The molecule has 0 saturated heterocycles. The van der Waals surface area contributed by atoms with Crippen LogP contribution >= 0.6 is 0 Å². The molecule has 2 aromatic rings. The second-order valence-electron chi connectivity index (χ2n) is 8.20. The van der Waals surface area contributed by atoms with Crippen molar-refractivity contribution in [3.05, 3.63) is 83.6 Å². The highest BCUT2D eigenvalue weighted by atomic mass is 16.5. The molecule has 5 heteroatoms. The smallest absolute Gasteiger partial charge is 0.315 e. The molecular weight excluding hydrogens is 378 g/mol. The molecule has 0 radical (unpaired) electrons. The minimum absolute atomic E-state index is 0.332. The molecule has 1 aliphatic carbocycles. The zero-order chi connectivity index (χ0) is 21.7. The van der Waals surface area contributed by atoms with E-state index in [1.807, 2.05) is 80.6 Å². The van der Waals surface area contributed by atoms with Gasteiger partial charge in [0.2, 0.25) is 0 Å². The Bertz CT molecular complexity index is 905. The highest BCUT2D eigenvalue weighted by Crippen LogP contribution is 2.50. The number of hydrogen-bond acceptors (Lipinski definition) is 5. The van der Waals surface area contributed by atoms with Crippen molar-refractivity contribution in [2.75, 3.05) is 14.2 Å². The molecule has 0 unspecified atom stereocenters. The van der Waals surface area contributed by atoms with Crippen LogP contribution in [0.4, 0.5) is 0 Å². The summed E-state index contributed by atoms with van der Waals surface area (Å²) in [5.74, 6) is -2.29. The molecular formula is C25H29NO4. The third-order valence-corrected chi connectivity index (χ3v) is 5.82. The van der Waals surface area contributed by atoms with Crippen LogP contribution in [0.3, 0.4) is 0 Å². The topological polar surface area (TPSA) is 64.6 Å². The highest BCUT2D eigenvalue weighted by Gasteiger charge is 2.52. The quantitative estimate of drug-likeness (QED) is 0.732. The van der Waals surface area contributed by atoms with Gasteiger partial charge in [0.1, 0.15) is 5.92 Å². The van der Waals surface area contributed by atoms with Crippen LogP contribution in [0.5, 0.6) is 0 Å². The average molecular weight is 408 g/mol. The van der Waals surface area contributed by atoms with Gasteiger partial charge in [-0.15, -0.1) is 0 Å². The molecule has 0 heterocycles. The number of ether oxygens (including phenoxy) is 2. The van der Waals surface area contributed by atoms with Crippen LogP contribution in [0.1, 0.15) is 30.9 Å². The van der Waals surface area contributed by atoms with E-state index in [9.17, 15) is 9.59 Å². The van der Waals surface area contributed by atoms with Crippen LogP contribution in [-0.2, 0) is 25.6 Å². The first kappa shape index (κ1) is 21.6. The number of nitrogens with one attached hydrogen (secondary N) is 1.